The fourth-order valence-corrected chi connectivity index (χ4v) is 3.57. The molecule has 2 atom stereocenters. The first kappa shape index (κ1) is 22.3. The maximum atomic E-state index is 12.9. The highest BCUT2D eigenvalue weighted by molar-refractivity contribution is 7.18. The summed E-state index contributed by atoms with van der Waals surface area (Å²) in [7, 11) is 0. The number of fused-ring (bicyclic) bond motifs is 1. The van der Waals surface area contributed by atoms with Gasteiger partial charge in [0.15, 0.2) is 11.5 Å². The van der Waals surface area contributed by atoms with Gasteiger partial charge >= 0.3 is 0 Å². The molecule has 0 spiro atoms. The van der Waals surface area contributed by atoms with Crippen molar-refractivity contribution >= 4 is 39.9 Å². The van der Waals surface area contributed by atoms with E-state index in [1.54, 1.807) is 13.8 Å². The number of ether oxygens (including phenoxy) is 2. The Labute approximate surface area is 184 Å². The molecule has 0 radical (unpaired) electrons. The summed E-state index contributed by atoms with van der Waals surface area (Å²) in [6.45, 7) is 7.55. The second kappa shape index (κ2) is 9.18. The van der Waals surface area contributed by atoms with Crippen molar-refractivity contribution in [1.82, 2.24) is 15.5 Å². The number of rotatable bonds is 8. The predicted octanol–water partition coefficient (Wildman–Crippen LogP) is 3.67. The summed E-state index contributed by atoms with van der Waals surface area (Å²) in [5, 5.41) is 14.8. The van der Waals surface area contributed by atoms with Crippen LogP contribution in [0.1, 0.15) is 34.1 Å². The van der Waals surface area contributed by atoms with Crippen LogP contribution < -0.4 is 20.1 Å². The smallest absolute Gasteiger partial charge is 0.249 e. The molecule has 2 aromatic rings. The number of nitrogens with zero attached hydrogens (tertiary/aromatic N) is 2. The minimum absolute atomic E-state index is 0.0682. The third kappa shape index (κ3) is 4.84. The topological polar surface area (TPSA) is 102 Å². The van der Waals surface area contributed by atoms with Crippen molar-refractivity contribution in [2.75, 3.05) is 18.0 Å². The predicted molar refractivity (Wildman–Crippen MR) is 116 cm³/mol. The molecule has 0 saturated heterocycles. The summed E-state index contributed by atoms with van der Waals surface area (Å²) >= 11 is 7.14. The van der Waals surface area contributed by atoms with Gasteiger partial charge < -0.3 is 14.8 Å². The fourth-order valence-electron chi connectivity index (χ4n) is 2.70. The monoisotopic (exact) mass is 452 g/mol. The number of hydrogen-bond acceptors (Lipinski definition) is 7. The lowest BCUT2D eigenvalue weighted by Gasteiger charge is -2.28. The van der Waals surface area contributed by atoms with E-state index >= 15 is 0 Å². The molecule has 2 N–H and O–H groups in total. The third-order valence-corrected chi connectivity index (χ3v) is 6.56. The van der Waals surface area contributed by atoms with E-state index in [1.807, 2.05) is 32.0 Å². The van der Waals surface area contributed by atoms with Crippen molar-refractivity contribution in [3.8, 4) is 22.1 Å². The van der Waals surface area contributed by atoms with Gasteiger partial charge in [0.2, 0.25) is 23.7 Å². The first-order chi connectivity index (χ1) is 14.2. The van der Waals surface area contributed by atoms with Crippen molar-refractivity contribution in [2.24, 2.45) is 11.3 Å². The largest absolute Gasteiger partial charge is 0.454 e. The molecule has 0 saturated carbocycles. The van der Waals surface area contributed by atoms with Gasteiger partial charge in [0.1, 0.15) is 11.0 Å². The van der Waals surface area contributed by atoms with Crippen LogP contribution in [0, 0.1) is 11.3 Å². The Kier molecular flexibility index (Phi) is 6.82. The van der Waals surface area contributed by atoms with Crippen LogP contribution in [-0.2, 0) is 9.59 Å². The van der Waals surface area contributed by atoms with E-state index in [-0.39, 0.29) is 30.4 Å². The van der Waals surface area contributed by atoms with E-state index in [9.17, 15) is 9.59 Å². The quantitative estimate of drug-likeness (QED) is 0.592. The van der Waals surface area contributed by atoms with Gasteiger partial charge in [-0.1, -0.05) is 31.6 Å². The van der Waals surface area contributed by atoms with Crippen LogP contribution in [0.4, 0.5) is 5.13 Å². The molecule has 0 fully saturated rings. The lowest BCUT2D eigenvalue weighted by atomic mass is 9.92. The average Bonchev–Trinajstić information content (AvgIpc) is 3.39. The van der Waals surface area contributed by atoms with Crippen LogP contribution in [0.25, 0.3) is 10.6 Å². The van der Waals surface area contributed by atoms with E-state index in [4.69, 9.17) is 21.1 Å². The molecule has 3 rings (SSSR count). The zero-order chi connectivity index (χ0) is 21.9. The summed E-state index contributed by atoms with van der Waals surface area (Å²) in [5.74, 6) is 0.816. The van der Waals surface area contributed by atoms with E-state index in [2.05, 4.69) is 20.8 Å². The molecular weight excluding hydrogens is 428 g/mol. The van der Waals surface area contributed by atoms with E-state index in [0.717, 1.165) is 12.0 Å². The van der Waals surface area contributed by atoms with Crippen molar-refractivity contribution in [2.45, 2.75) is 40.2 Å². The SMILES string of the molecule is CCC(C)C(NC(=O)C(C)(C)CCl)C(=O)Nc1nnc(-c2ccc3c(c2)OCO3)s1. The Balaban J connectivity index is 1.72. The van der Waals surface area contributed by atoms with Gasteiger partial charge in [-0.3, -0.25) is 14.9 Å². The number of anilines is 1. The number of carbonyl (C=O) groups excluding carboxylic acids is 2. The molecule has 1 aliphatic heterocycles. The second-order valence-corrected chi connectivity index (χ2v) is 9.07. The molecule has 10 heteroatoms. The Morgan fingerprint density at radius 2 is 2.00 bits per heavy atom. The molecule has 8 nitrogen and oxygen atoms in total. The molecule has 0 bridgehead atoms. The van der Waals surface area contributed by atoms with Gasteiger partial charge in [-0.05, 0) is 38.0 Å². The minimum Gasteiger partial charge on any atom is -0.454 e. The average molecular weight is 453 g/mol. The molecule has 30 heavy (non-hydrogen) atoms. The highest BCUT2D eigenvalue weighted by Crippen LogP contribution is 2.37. The van der Waals surface area contributed by atoms with E-state index in [0.29, 0.717) is 21.6 Å². The van der Waals surface area contributed by atoms with Gasteiger partial charge in [0, 0.05) is 11.4 Å². The molecule has 2 amide bonds. The maximum absolute atomic E-state index is 12.9. The van der Waals surface area contributed by atoms with E-state index < -0.39 is 11.5 Å². The molecule has 1 aromatic carbocycles. The number of benzene rings is 1. The Bertz CT molecular complexity index is 933. The Hall–Kier alpha value is -2.39. The lowest BCUT2D eigenvalue weighted by molar-refractivity contribution is -0.132. The van der Waals surface area contributed by atoms with Gasteiger partial charge in [-0.15, -0.1) is 21.8 Å². The maximum Gasteiger partial charge on any atom is 0.249 e. The molecule has 162 valence electrons. The van der Waals surface area contributed by atoms with Crippen molar-refractivity contribution in [3.05, 3.63) is 18.2 Å². The van der Waals surface area contributed by atoms with Gasteiger partial charge in [0.25, 0.3) is 0 Å². The van der Waals surface area contributed by atoms with E-state index in [1.165, 1.54) is 11.3 Å². The number of halogens is 1. The van der Waals surface area contributed by atoms with Crippen molar-refractivity contribution in [3.63, 3.8) is 0 Å². The number of nitrogens with one attached hydrogen (secondary N) is 2. The Morgan fingerprint density at radius 3 is 2.70 bits per heavy atom. The standard InChI is InChI=1S/C20H25ClN4O4S/c1-5-11(2)15(22-18(27)20(3,4)9-21)16(26)23-19-25-24-17(30-19)12-6-7-13-14(8-12)29-10-28-13/h6-8,11,15H,5,9-10H2,1-4H3,(H,22,27)(H,23,25,26). The zero-order valence-electron chi connectivity index (χ0n) is 17.3. The van der Waals surface area contributed by atoms with Crippen LogP contribution in [0.2, 0.25) is 0 Å². The lowest BCUT2D eigenvalue weighted by Crippen LogP contribution is -2.51. The molecule has 2 unspecified atom stereocenters. The van der Waals surface area contributed by atoms with Crippen LogP contribution in [0.5, 0.6) is 11.5 Å². The number of carbonyl (C=O) groups is 2. The molecular formula is C20H25ClN4O4S. The molecule has 1 aliphatic rings. The minimum atomic E-state index is -0.775. The van der Waals surface area contributed by atoms with Crippen molar-refractivity contribution < 1.29 is 19.1 Å². The summed E-state index contributed by atoms with van der Waals surface area (Å²) in [6, 6.07) is 4.79. The fraction of sp³-hybridized carbons (Fsp3) is 0.500. The van der Waals surface area contributed by atoms with Crippen LogP contribution in [-0.4, -0.2) is 40.7 Å². The summed E-state index contributed by atoms with van der Waals surface area (Å²) in [6.07, 6.45) is 0.720. The molecule has 2 heterocycles. The van der Waals surface area contributed by atoms with Crippen LogP contribution in [0.3, 0.4) is 0 Å². The third-order valence-electron chi connectivity index (χ3n) is 5.01. The van der Waals surface area contributed by atoms with Gasteiger partial charge in [-0.2, -0.15) is 0 Å². The first-order valence-corrected chi connectivity index (χ1v) is 11.0. The van der Waals surface area contributed by atoms with Gasteiger partial charge in [-0.25, -0.2) is 0 Å². The number of hydrogen-bond donors (Lipinski definition) is 2. The normalized spacial score (nSPS) is 14.8. The molecule has 0 aliphatic carbocycles. The first-order valence-electron chi connectivity index (χ1n) is 9.66. The molecule has 1 aromatic heterocycles. The van der Waals surface area contributed by atoms with Crippen LogP contribution in [0.15, 0.2) is 18.2 Å². The highest BCUT2D eigenvalue weighted by atomic mass is 35.5. The number of amides is 2. The zero-order valence-corrected chi connectivity index (χ0v) is 18.9. The summed E-state index contributed by atoms with van der Waals surface area (Å²) in [4.78, 5) is 25.4. The summed E-state index contributed by atoms with van der Waals surface area (Å²) < 4.78 is 10.7. The number of alkyl halides is 1. The van der Waals surface area contributed by atoms with Crippen LogP contribution >= 0.6 is 22.9 Å². The van der Waals surface area contributed by atoms with Gasteiger partial charge in [0.05, 0.1) is 5.41 Å². The highest BCUT2D eigenvalue weighted by Gasteiger charge is 2.33. The Morgan fingerprint density at radius 1 is 1.27 bits per heavy atom. The second-order valence-electron chi connectivity index (χ2n) is 7.82. The summed E-state index contributed by atoms with van der Waals surface area (Å²) in [5.41, 5.74) is 0.0379. The van der Waals surface area contributed by atoms with Crippen molar-refractivity contribution in [1.29, 1.82) is 0 Å². The number of aromatic nitrogens is 2.